The van der Waals surface area contributed by atoms with Gasteiger partial charge in [0.05, 0.1) is 0 Å². The Kier molecular flexibility index (Phi) is 14.0. The average molecular weight is 351 g/mol. The molecule has 0 aromatic carbocycles. The van der Waals surface area contributed by atoms with Gasteiger partial charge in [-0.1, -0.05) is 91.4 Å². The molecule has 0 radical (unpaired) electrons. The van der Waals surface area contributed by atoms with Gasteiger partial charge in [0, 0.05) is 25.5 Å². The van der Waals surface area contributed by atoms with Gasteiger partial charge in [0.15, 0.2) is 0 Å². The normalized spacial score (nSPS) is 17.0. The van der Waals surface area contributed by atoms with Crippen LogP contribution in [0.2, 0.25) is 0 Å². The van der Waals surface area contributed by atoms with Gasteiger partial charge in [-0.25, -0.2) is 0 Å². The van der Waals surface area contributed by atoms with Gasteiger partial charge in [-0.2, -0.15) is 0 Å². The lowest BCUT2D eigenvalue weighted by atomic mass is 10.1. The maximum Gasteiger partial charge on any atom is 0.101 e. The van der Waals surface area contributed by atoms with E-state index in [2.05, 4.69) is 43.0 Å². The molecular weight excluding hydrogens is 304 g/mol. The second-order valence-electron chi connectivity index (χ2n) is 7.93. The molecule has 0 saturated heterocycles. The molecule has 148 valence electrons. The Balaban J connectivity index is 2.16. The highest BCUT2D eigenvalue weighted by molar-refractivity contribution is 4.96. The van der Waals surface area contributed by atoms with Crippen molar-refractivity contribution in [1.29, 1.82) is 0 Å². The molecule has 0 saturated carbocycles. The van der Waals surface area contributed by atoms with E-state index in [9.17, 15) is 0 Å². The standard InChI is InChI=1S/C23H46N2/c1-4-7-9-11-12-13-14-15-16-18-23-24(19-6-3)21-22-25(23)20-17-10-8-5-2/h21-23H,4-20H2,1-3H3. The highest BCUT2D eigenvalue weighted by atomic mass is 15.4. The Morgan fingerprint density at radius 3 is 1.56 bits per heavy atom. The van der Waals surface area contributed by atoms with Gasteiger partial charge >= 0.3 is 0 Å². The van der Waals surface area contributed by atoms with Gasteiger partial charge in [-0.05, 0) is 25.7 Å². The summed E-state index contributed by atoms with van der Waals surface area (Å²) in [7, 11) is 0. The zero-order valence-electron chi connectivity index (χ0n) is 17.6. The fourth-order valence-electron chi connectivity index (χ4n) is 3.96. The lowest BCUT2D eigenvalue weighted by molar-refractivity contribution is 0.137. The zero-order chi connectivity index (χ0) is 18.2. The van der Waals surface area contributed by atoms with Crippen LogP contribution in [0.4, 0.5) is 0 Å². The molecule has 1 atom stereocenters. The molecule has 0 aliphatic carbocycles. The van der Waals surface area contributed by atoms with Crippen LogP contribution < -0.4 is 0 Å². The number of nitrogens with zero attached hydrogens (tertiary/aromatic N) is 2. The first-order valence-electron chi connectivity index (χ1n) is 11.5. The van der Waals surface area contributed by atoms with E-state index < -0.39 is 0 Å². The van der Waals surface area contributed by atoms with E-state index in [1.165, 1.54) is 109 Å². The van der Waals surface area contributed by atoms with Crippen LogP contribution in [0.3, 0.4) is 0 Å². The highest BCUT2D eigenvalue weighted by Crippen LogP contribution is 2.23. The van der Waals surface area contributed by atoms with Gasteiger partial charge in [-0.3, -0.25) is 0 Å². The van der Waals surface area contributed by atoms with Gasteiger partial charge in [-0.15, -0.1) is 0 Å². The summed E-state index contributed by atoms with van der Waals surface area (Å²) in [6.07, 6.45) is 26.3. The van der Waals surface area contributed by atoms with Gasteiger partial charge in [0.1, 0.15) is 6.17 Å². The smallest absolute Gasteiger partial charge is 0.101 e. The molecule has 1 rings (SSSR count). The van der Waals surface area contributed by atoms with Crippen LogP contribution in [0.1, 0.15) is 117 Å². The zero-order valence-corrected chi connectivity index (χ0v) is 17.6. The van der Waals surface area contributed by atoms with Crippen molar-refractivity contribution in [1.82, 2.24) is 9.80 Å². The Labute approximate surface area is 159 Å². The molecule has 1 aliphatic rings. The van der Waals surface area contributed by atoms with Crippen LogP contribution >= 0.6 is 0 Å². The van der Waals surface area contributed by atoms with Gasteiger partial charge in [0.25, 0.3) is 0 Å². The quantitative estimate of drug-likeness (QED) is 0.254. The average Bonchev–Trinajstić information content (AvgIpc) is 2.99. The second kappa shape index (κ2) is 15.6. The largest absolute Gasteiger partial charge is 0.356 e. The molecule has 0 aromatic heterocycles. The molecule has 0 N–H and O–H groups in total. The molecule has 1 aliphatic heterocycles. The summed E-state index contributed by atoms with van der Waals surface area (Å²) >= 11 is 0. The van der Waals surface area contributed by atoms with Crippen LogP contribution in [-0.2, 0) is 0 Å². The molecule has 25 heavy (non-hydrogen) atoms. The molecule has 0 spiro atoms. The maximum absolute atomic E-state index is 2.62. The summed E-state index contributed by atoms with van der Waals surface area (Å²) in [5.74, 6) is 0. The Hall–Kier alpha value is -0.660. The van der Waals surface area contributed by atoms with Gasteiger partial charge in [0.2, 0.25) is 0 Å². The summed E-state index contributed by atoms with van der Waals surface area (Å²) in [5, 5.41) is 0. The van der Waals surface area contributed by atoms with Gasteiger partial charge < -0.3 is 9.80 Å². The summed E-state index contributed by atoms with van der Waals surface area (Å²) in [4.78, 5) is 5.21. The van der Waals surface area contributed by atoms with Crippen LogP contribution in [-0.4, -0.2) is 29.1 Å². The predicted molar refractivity (Wildman–Crippen MR) is 113 cm³/mol. The van der Waals surface area contributed by atoms with E-state index in [4.69, 9.17) is 0 Å². The van der Waals surface area contributed by atoms with E-state index in [1.54, 1.807) is 0 Å². The Morgan fingerprint density at radius 1 is 0.520 bits per heavy atom. The van der Waals surface area contributed by atoms with E-state index in [0.29, 0.717) is 6.17 Å². The van der Waals surface area contributed by atoms with E-state index in [0.717, 1.165) is 0 Å². The first kappa shape index (κ1) is 22.4. The third-order valence-corrected chi connectivity index (χ3v) is 5.53. The van der Waals surface area contributed by atoms with Crippen molar-refractivity contribution in [2.45, 2.75) is 123 Å². The lowest BCUT2D eigenvalue weighted by Gasteiger charge is -2.33. The van der Waals surface area contributed by atoms with E-state index in [-0.39, 0.29) is 0 Å². The van der Waals surface area contributed by atoms with Crippen molar-refractivity contribution in [3.63, 3.8) is 0 Å². The minimum absolute atomic E-state index is 0.645. The fraction of sp³-hybridized carbons (Fsp3) is 0.913. The van der Waals surface area contributed by atoms with Crippen LogP contribution in [0.25, 0.3) is 0 Å². The number of hydrogen-bond donors (Lipinski definition) is 0. The fourth-order valence-corrected chi connectivity index (χ4v) is 3.96. The molecule has 1 unspecified atom stereocenters. The van der Waals surface area contributed by atoms with Crippen molar-refractivity contribution in [2.24, 2.45) is 0 Å². The minimum Gasteiger partial charge on any atom is -0.356 e. The monoisotopic (exact) mass is 350 g/mol. The summed E-state index contributed by atoms with van der Waals surface area (Å²) in [5.41, 5.74) is 0. The third kappa shape index (κ3) is 10.2. The number of hydrogen-bond acceptors (Lipinski definition) is 2. The second-order valence-corrected chi connectivity index (χ2v) is 7.93. The summed E-state index contributed by atoms with van der Waals surface area (Å²) in [6, 6.07) is 0. The van der Waals surface area contributed by atoms with Crippen LogP contribution in [0.5, 0.6) is 0 Å². The first-order chi connectivity index (χ1) is 12.3. The lowest BCUT2D eigenvalue weighted by Crippen LogP contribution is -2.39. The molecule has 0 fully saturated rings. The third-order valence-electron chi connectivity index (χ3n) is 5.53. The molecule has 2 heteroatoms. The maximum atomic E-state index is 2.62. The molecule has 0 aromatic rings. The topological polar surface area (TPSA) is 6.48 Å². The van der Waals surface area contributed by atoms with Crippen molar-refractivity contribution in [2.75, 3.05) is 13.1 Å². The van der Waals surface area contributed by atoms with E-state index >= 15 is 0 Å². The molecule has 0 amide bonds. The number of rotatable bonds is 17. The van der Waals surface area contributed by atoms with Crippen molar-refractivity contribution in [3.8, 4) is 0 Å². The molecule has 1 heterocycles. The van der Waals surface area contributed by atoms with Crippen LogP contribution in [0, 0.1) is 0 Å². The van der Waals surface area contributed by atoms with Crippen LogP contribution in [0.15, 0.2) is 12.4 Å². The SMILES string of the molecule is CCCCCCCCCCCC1N(CCC)C=CN1CCCCCC. The first-order valence-corrected chi connectivity index (χ1v) is 11.5. The van der Waals surface area contributed by atoms with E-state index in [1.807, 2.05) is 0 Å². The molecular formula is C23H46N2. The molecule has 0 bridgehead atoms. The number of unbranched alkanes of at least 4 members (excludes halogenated alkanes) is 11. The Morgan fingerprint density at radius 2 is 1.00 bits per heavy atom. The predicted octanol–water partition coefficient (Wildman–Crippen LogP) is 7.31. The Bertz CT molecular complexity index is 313. The van der Waals surface area contributed by atoms with Crippen molar-refractivity contribution in [3.05, 3.63) is 12.4 Å². The van der Waals surface area contributed by atoms with Crippen molar-refractivity contribution < 1.29 is 0 Å². The van der Waals surface area contributed by atoms with Crippen molar-refractivity contribution >= 4 is 0 Å². The minimum atomic E-state index is 0.645. The molecule has 2 nitrogen and oxygen atoms in total. The highest BCUT2D eigenvalue weighted by Gasteiger charge is 2.24. The summed E-state index contributed by atoms with van der Waals surface area (Å²) in [6.45, 7) is 9.36. The summed E-state index contributed by atoms with van der Waals surface area (Å²) < 4.78 is 0.